The van der Waals surface area contributed by atoms with Gasteiger partial charge in [0.1, 0.15) is 0 Å². The Bertz CT molecular complexity index is 496. The first-order chi connectivity index (χ1) is 10.2. The summed E-state index contributed by atoms with van der Waals surface area (Å²) in [5, 5.41) is 9.68. The van der Waals surface area contributed by atoms with Gasteiger partial charge in [-0.1, -0.05) is 18.6 Å². The van der Waals surface area contributed by atoms with Crippen LogP contribution in [0.15, 0.2) is 18.2 Å². The van der Waals surface area contributed by atoms with Crippen LogP contribution in [0, 0.1) is 0 Å². The summed E-state index contributed by atoms with van der Waals surface area (Å²) in [4.78, 5) is 2.35. The number of aliphatic hydroxyl groups is 1. The van der Waals surface area contributed by atoms with E-state index in [1.165, 1.54) is 18.4 Å². The highest BCUT2D eigenvalue weighted by atomic mass is 35.5. The van der Waals surface area contributed by atoms with E-state index in [2.05, 4.69) is 17.9 Å². The molecule has 2 heterocycles. The van der Waals surface area contributed by atoms with Gasteiger partial charge in [0.25, 0.3) is 0 Å². The largest absolute Gasteiger partial charge is 0.493 e. The zero-order chi connectivity index (χ0) is 14.9. The maximum Gasteiger partial charge on any atom is 0.167 e. The number of benzene rings is 1. The summed E-state index contributed by atoms with van der Waals surface area (Å²) in [6, 6.07) is 6.28. The lowest BCUT2D eigenvalue weighted by atomic mass is 9.92. The number of aliphatic hydroxyl groups excluding tert-OH is 1. The Morgan fingerprint density at radius 2 is 2.23 bits per heavy atom. The molecule has 0 aliphatic carbocycles. The Morgan fingerprint density at radius 3 is 2.95 bits per heavy atom. The van der Waals surface area contributed by atoms with Crippen molar-refractivity contribution in [2.24, 2.45) is 0 Å². The minimum Gasteiger partial charge on any atom is -0.493 e. The van der Waals surface area contributed by atoms with Crippen LogP contribution in [0.2, 0.25) is 0 Å². The zero-order valence-corrected chi connectivity index (χ0v) is 14.2. The van der Waals surface area contributed by atoms with Gasteiger partial charge in [-0.15, -0.1) is 12.4 Å². The molecule has 1 aromatic rings. The molecule has 3 rings (SSSR count). The molecule has 1 N–H and O–H groups in total. The number of hydrogen-bond donors (Lipinski definition) is 1. The molecule has 1 aromatic carbocycles. The predicted octanol–water partition coefficient (Wildman–Crippen LogP) is 3.01. The fourth-order valence-electron chi connectivity index (χ4n) is 3.69. The maximum atomic E-state index is 9.68. The average molecular weight is 328 g/mol. The topological polar surface area (TPSA) is 41.9 Å². The zero-order valence-electron chi connectivity index (χ0n) is 13.4. The quantitative estimate of drug-likeness (QED) is 0.926. The molecule has 1 fully saturated rings. The molecule has 0 saturated carbocycles. The van der Waals surface area contributed by atoms with Crippen LogP contribution >= 0.6 is 12.4 Å². The number of hydrogen-bond acceptors (Lipinski definition) is 4. The van der Waals surface area contributed by atoms with E-state index in [0.717, 1.165) is 37.3 Å². The Hall–Kier alpha value is -0.970. The summed E-state index contributed by atoms with van der Waals surface area (Å²) in [6.07, 6.45) is 5.35. The molecule has 2 aliphatic heterocycles. The van der Waals surface area contributed by atoms with Crippen LogP contribution in [-0.2, 0) is 6.42 Å². The van der Waals surface area contributed by atoms with Gasteiger partial charge in [-0.2, -0.15) is 0 Å². The molecular weight excluding hydrogens is 302 g/mol. The van der Waals surface area contributed by atoms with Crippen molar-refractivity contribution in [2.45, 2.75) is 50.8 Å². The van der Waals surface area contributed by atoms with Crippen molar-refractivity contribution < 1.29 is 14.6 Å². The van der Waals surface area contributed by atoms with Gasteiger partial charge < -0.3 is 14.6 Å². The van der Waals surface area contributed by atoms with Crippen LogP contribution in [0.5, 0.6) is 11.5 Å². The van der Waals surface area contributed by atoms with Crippen molar-refractivity contribution in [3.05, 3.63) is 23.8 Å². The minimum absolute atomic E-state index is 0. The van der Waals surface area contributed by atoms with Crippen molar-refractivity contribution >= 4 is 12.4 Å². The second-order valence-corrected chi connectivity index (χ2v) is 6.25. The van der Waals surface area contributed by atoms with Gasteiger partial charge in [-0.3, -0.25) is 4.90 Å². The van der Waals surface area contributed by atoms with E-state index >= 15 is 0 Å². The van der Waals surface area contributed by atoms with Gasteiger partial charge in [0.15, 0.2) is 17.2 Å². The van der Waals surface area contributed by atoms with Gasteiger partial charge in [0.2, 0.25) is 0 Å². The number of halogens is 1. The average Bonchev–Trinajstić information content (AvgIpc) is 2.54. The molecule has 4 nitrogen and oxygen atoms in total. The molecule has 1 saturated heterocycles. The Kier molecular flexibility index (Phi) is 5.59. The highest BCUT2D eigenvalue weighted by Crippen LogP contribution is 2.42. The van der Waals surface area contributed by atoms with Crippen LogP contribution in [0.3, 0.4) is 0 Å². The number of nitrogens with zero attached hydrogens (tertiary/aromatic N) is 1. The first-order valence-electron chi connectivity index (χ1n) is 7.90. The normalized spacial score (nSPS) is 28.2. The predicted molar refractivity (Wildman–Crippen MR) is 89.0 cm³/mol. The maximum absolute atomic E-state index is 9.68. The number of ether oxygens (including phenoxy) is 2. The highest BCUT2D eigenvalue weighted by molar-refractivity contribution is 5.85. The molecule has 124 valence electrons. The molecule has 0 amide bonds. The lowest BCUT2D eigenvalue weighted by Crippen LogP contribution is -2.59. The van der Waals surface area contributed by atoms with Crippen LogP contribution in [-0.4, -0.2) is 42.0 Å². The minimum atomic E-state index is -0.352. The monoisotopic (exact) mass is 327 g/mol. The number of methoxy groups -OCH3 is 1. The fraction of sp³-hybridized carbons (Fsp3) is 0.647. The third-order valence-electron chi connectivity index (χ3n) is 4.91. The second kappa shape index (κ2) is 7.07. The van der Waals surface area contributed by atoms with Gasteiger partial charge in [0, 0.05) is 19.0 Å². The lowest BCUT2D eigenvalue weighted by Gasteiger charge is -2.49. The number of rotatable bonds is 3. The molecule has 22 heavy (non-hydrogen) atoms. The summed E-state index contributed by atoms with van der Waals surface area (Å²) in [6.45, 7) is 3.35. The van der Waals surface area contributed by atoms with Crippen LogP contribution in [0.4, 0.5) is 0 Å². The lowest BCUT2D eigenvalue weighted by molar-refractivity contribution is -0.126. The first-order valence-corrected chi connectivity index (χ1v) is 7.90. The van der Waals surface area contributed by atoms with Crippen LogP contribution in [0.1, 0.15) is 38.2 Å². The smallest absolute Gasteiger partial charge is 0.167 e. The molecule has 0 aromatic heterocycles. The number of likely N-dealkylation sites (tertiary alicyclic amines) is 1. The summed E-state index contributed by atoms with van der Waals surface area (Å²) in [5.41, 5.74) is 0.861. The summed E-state index contributed by atoms with van der Waals surface area (Å²) in [5.74, 6) is 1.67. The molecular formula is C17H26ClNO3. The number of para-hydroxylation sites is 1. The molecule has 5 heteroatoms. The van der Waals surface area contributed by atoms with Gasteiger partial charge in [0.05, 0.1) is 13.7 Å². The van der Waals surface area contributed by atoms with Crippen LogP contribution < -0.4 is 9.47 Å². The highest BCUT2D eigenvalue weighted by Gasteiger charge is 2.42. The Morgan fingerprint density at radius 1 is 1.41 bits per heavy atom. The van der Waals surface area contributed by atoms with E-state index in [0.29, 0.717) is 0 Å². The molecule has 2 atom stereocenters. The second-order valence-electron chi connectivity index (χ2n) is 6.25. The van der Waals surface area contributed by atoms with Crippen molar-refractivity contribution in [1.29, 1.82) is 0 Å². The Balaban J connectivity index is 0.00000176. The number of aryl methyl sites for hydroxylation is 1. The number of piperidine rings is 1. The van der Waals surface area contributed by atoms with E-state index in [9.17, 15) is 5.11 Å². The summed E-state index contributed by atoms with van der Waals surface area (Å²) >= 11 is 0. The fourth-order valence-corrected chi connectivity index (χ4v) is 3.69. The van der Waals surface area contributed by atoms with Crippen molar-refractivity contribution in [3.63, 3.8) is 0 Å². The van der Waals surface area contributed by atoms with E-state index in [4.69, 9.17) is 9.47 Å². The summed E-state index contributed by atoms with van der Waals surface area (Å²) < 4.78 is 11.9. The van der Waals surface area contributed by atoms with Gasteiger partial charge in [-0.25, -0.2) is 0 Å². The standard InChI is InChI=1S/C17H25NO3.ClH/c1-17(18-11-4-3-7-14(18)12-19)10-9-13-6-5-8-15(20-2)16(13)21-17;/h5-6,8,14,19H,3-4,7,9-12H2,1-2H3;1H. The first kappa shape index (κ1) is 17.4. The van der Waals surface area contributed by atoms with Crippen molar-refractivity contribution in [2.75, 3.05) is 20.3 Å². The number of fused-ring (bicyclic) bond motifs is 1. The molecule has 0 bridgehead atoms. The Labute approximate surface area is 138 Å². The van der Waals surface area contributed by atoms with E-state index < -0.39 is 0 Å². The van der Waals surface area contributed by atoms with Gasteiger partial charge in [-0.05, 0) is 37.8 Å². The third-order valence-corrected chi connectivity index (χ3v) is 4.91. The van der Waals surface area contributed by atoms with E-state index in [1.807, 2.05) is 12.1 Å². The van der Waals surface area contributed by atoms with Gasteiger partial charge >= 0.3 is 0 Å². The SMILES string of the molecule is COc1cccc2c1OC(C)(N1CCCCC1CO)CC2.Cl. The summed E-state index contributed by atoms with van der Waals surface area (Å²) in [7, 11) is 1.68. The molecule has 2 aliphatic rings. The van der Waals surface area contributed by atoms with Crippen molar-refractivity contribution in [3.8, 4) is 11.5 Å². The molecule has 0 radical (unpaired) electrons. The molecule has 2 unspecified atom stereocenters. The third kappa shape index (κ3) is 3.05. The van der Waals surface area contributed by atoms with Crippen molar-refractivity contribution in [1.82, 2.24) is 4.90 Å². The van der Waals surface area contributed by atoms with Crippen LogP contribution in [0.25, 0.3) is 0 Å². The van der Waals surface area contributed by atoms with E-state index in [1.54, 1.807) is 7.11 Å². The van der Waals surface area contributed by atoms with E-state index in [-0.39, 0.29) is 30.8 Å². The molecule has 0 spiro atoms.